The van der Waals surface area contributed by atoms with Gasteiger partial charge in [0.1, 0.15) is 0 Å². The van der Waals surface area contributed by atoms with E-state index < -0.39 is 5.60 Å². The molecule has 0 N–H and O–H groups in total. The highest BCUT2D eigenvalue weighted by Gasteiger charge is 2.32. The van der Waals surface area contributed by atoms with Gasteiger partial charge < -0.3 is 14.2 Å². The molecule has 0 spiro atoms. The highest BCUT2D eigenvalue weighted by atomic mass is 28.2. The normalized spacial score (nSPS) is 13.2. The molecule has 124 valence electrons. The van der Waals surface area contributed by atoms with Crippen molar-refractivity contribution < 1.29 is 14.2 Å². The van der Waals surface area contributed by atoms with E-state index in [9.17, 15) is 0 Å². The van der Waals surface area contributed by atoms with Crippen molar-refractivity contribution in [2.24, 2.45) is 10.9 Å². The van der Waals surface area contributed by atoms with Crippen LogP contribution in [0.4, 0.5) is 0 Å². The molecule has 0 aliphatic rings. The lowest BCUT2D eigenvalue weighted by Gasteiger charge is -2.32. The fourth-order valence-electron chi connectivity index (χ4n) is 2.09. The van der Waals surface area contributed by atoms with Crippen molar-refractivity contribution in [2.75, 3.05) is 26.4 Å². The number of ether oxygens (including phenoxy) is 3. The van der Waals surface area contributed by atoms with E-state index in [2.05, 4.69) is 25.8 Å². The zero-order valence-corrected chi connectivity index (χ0v) is 15.7. The molecule has 0 aromatic carbocycles. The number of aliphatic imine (C=N–C) groups is 1. The molecule has 21 heavy (non-hydrogen) atoms. The molecule has 0 atom stereocenters. The minimum absolute atomic E-state index is 0.478. The Labute approximate surface area is 133 Å². The van der Waals surface area contributed by atoms with E-state index in [1.807, 2.05) is 20.8 Å². The van der Waals surface area contributed by atoms with Crippen LogP contribution in [-0.2, 0) is 14.2 Å². The predicted molar refractivity (Wildman–Crippen MR) is 90.2 cm³/mol. The quantitative estimate of drug-likeness (QED) is 0.225. The van der Waals surface area contributed by atoms with E-state index >= 15 is 0 Å². The third-order valence-corrected chi connectivity index (χ3v) is 4.23. The second-order valence-electron chi connectivity index (χ2n) is 5.35. The van der Waals surface area contributed by atoms with Crippen LogP contribution in [0, 0.1) is 5.92 Å². The van der Waals surface area contributed by atoms with Crippen molar-refractivity contribution >= 4 is 15.2 Å². The summed E-state index contributed by atoms with van der Waals surface area (Å²) >= 11 is 0. The molecule has 0 saturated carbocycles. The highest BCUT2D eigenvalue weighted by Crippen LogP contribution is 2.16. The molecule has 0 saturated heterocycles. The highest BCUT2D eigenvalue weighted by molar-refractivity contribution is 6.38. The van der Waals surface area contributed by atoms with Gasteiger partial charge in [0.15, 0.2) is 9.52 Å². The minimum atomic E-state index is -0.838. The Morgan fingerprint density at radius 1 is 1.05 bits per heavy atom. The van der Waals surface area contributed by atoms with Gasteiger partial charge in [0, 0.05) is 32.1 Å². The number of nitrogens with zero attached hydrogens (tertiary/aromatic N) is 1. The zero-order valence-electron chi connectivity index (χ0n) is 14.7. The minimum Gasteiger partial charge on any atom is -0.332 e. The molecule has 0 fully saturated rings. The van der Waals surface area contributed by atoms with Crippen molar-refractivity contribution in [3.05, 3.63) is 0 Å². The van der Waals surface area contributed by atoms with Gasteiger partial charge in [0.2, 0.25) is 0 Å². The Kier molecular flexibility index (Phi) is 12.2. The van der Waals surface area contributed by atoms with Crippen LogP contribution in [0.1, 0.15) is 54.4 Å². The summed E-state index contributed by atoms with van der Waals surface area (Å²) in [6, 6.07) is 1.01. The van der Waals surface area contributed by atoms with Gasteiger partial charge in [-0.1, -0.05) is 19.9 Å². The summed E-state index contributed by atoms with van der Waals surface area (Å²) < 4.78 is 17.2. The Hall–Kier alpha value is -0.233. The SMILES string of the molecule is CCOC(OCC)(OCC)[Si]CCCN=C(C)CC(C)C. The number of hydrogen-bond donors (Lipinski definition) is 0. The molecule has 0 aliphatic carbocycles. The van der Waals surface area contributed by atoms with Gasteiger partial charge in [0.05, 0.1) is 0 Å². The first-order chi connectivity index (χ1) is 9.99. The molecule has 0 unspecified atom stereocenters. The van der Waals surface area contributed by atoms with Crippen LogP contribution in [0.25, 0.3) is 0 Å². The predicted octanol–water partition coefficient (Wildman–Crippen LogP) is 3.73. The Morgan fingerprint density at radius 2 is 1.57 bits per heavy atom. The number of hydrogen-bond acceptors (Lipinski definition) is 4. The Bertz CT molecular complexity index is 266. The Morgan fingerprint density at radius 3 is 2.00 bits per heavy atom. The van der Waals surface area contributed by atoms with E-state index in [0.717, 1.165) is 25.4 Å². The first-order valence-corrected chi connectivity index (χ1v) is 9.37. The summed E-state index contributed by atoms with van der Waals surface area (Å²) in [5.74, 6) is 0.678. The second kappa shape index (κ2) is 12.3. The van der Waals surface area contributed by atoms with E-state index in [1.165, 1.54) is 5.71 Å². The van der Waals surface area contributed by atoms with Crippen LogP contribution in [0.3, 0.4) is 0 Å². The summed E-state index contributed by atoms with van der Waals surface area (Å²) in [7, 11) is 0.478. The van der Waals surface area contributed by atoms with Crippen molar-refractivity contribution in [3.8, 4) is 0 Å². The van der Waals surface area contributed by atoms with Gasteiger partial charge in [-0.05, 0) is 46.5 Å². The maximum Gasteiger partial charge on any atom is 0.251 e. The summed E-state index contributed by atoms with van der Waals surface area (Å²) in [5.41, 5.74) is 0.411. The standard InChI is InChI=1S/C16H33NO3Si/c1-7-18-16(19-8-2,20-9-3)21-12-10-11-17-15(6)13-14(4)5/h14H,7-13H2,1-6H3. The van der Waals surface area contributed by atoms with Crippen molar-refractivity contribution in [1.29, 1.82) is 0 Å². The van der Waals surface area contributed by atoms with Gasteiger partial charge in [0.25, 0.3) is 5.60 Å². The number of rotatable bonds is 13. The first kappa shape index (κ1) is 20.8. The van der Waals surface area contributed by atoms with Crippen LogP contribution < -0.4 is 0 Å². The summed E-state index contributed by atoms with van der Waals surface area (Å²) in [5, 5.41) is 0. The fourth-order valence-corrected chi connectivity index (χ4v) is 3.47. The second-order valence-corrected chi connectivity index (χ2v) is 6.82. The van der Waals surface area contributed by atoms with E-state index in [1.54, 1.807) is 0 Å². The molecule has 4 nitrogen and oxygen atoms in total. The van der Waals surface area contributed by atoms with E-state index in [0.29, 0.717) is 35.3 Å². The largest absolute Gasteiger partial charge is 0.332 e. The lowest BCUT2D eigenvalue weighted by Crippen LogP contribution is -2.45. The Balaban J connectivity index is 4.18. The molecule has 0 rings (SSSR count). The summed E-state index contributed by atoms with van der Waals surface area (Å²) in [6.45, 7) is 15.1. The molecular formula is C16H33NO3Si. The van der Waals surface area contributed by atoms with Crippen LogP contribution in [0.5, 0.6) is 0 Å². The van der Waals surface area contributed by atoms with E-state index in [4.69, 9.17) is 14.2 Å². The maximum atomic E-state index is 5.72. The molecular weight excluding hydrogens is 282 g/mol. The lowest BCUT2D eigenvalue weighted by molar-refractivity contribution is -0.323. The fraction of sp³-hybridized carbons (Fsp3) is 0.938. The third-order valence-electron chi connectivity index (χ3n) is 2.76. The molecule has 0 heterocycles. The van der Waals surface area contributed by atoms with Gasteiger partial charge in [-0.15, -0.1) is 0 Å². The topological polar surface area (TPSA) is 40.0 Å². The molecule has 0 bridgehead atoms. The molecule has 0 aliphatic heterocycles. The molecule has 0 aromatic rings. The summed E-state index contributed by atoms with van der Waals surface area (Å²) in [6.07, 6.45) is 2.13. The molecule has 0 aromatic heterocycles. The average Bonchev–Trinajstić information content (AvgIpc) is 2.38. The van der Waals surface area contributed by atoms with Gasteiger partial charge in [-0.25, -0.2) is 0 Å². The average molecular weight is 316 g/mol. The van der Waals surface area contributed by atoms with Gasteiger partial charge in [-0.2, -0.15) is 0 Å². The van der Waals surface area contributed by atoms with Gasteiger partial charge in [-0.3, -0.25) is 4.99 Å². The molecule has 5 heteroatoms. The third kappa shape index (κ3) is 10.2. The van der Waals surface area contributed by atoms with Crippen LogP contribution in [0.2, 0.25) is 6.04 Å². The van der Waals surface area contributed by atoms with Crippen molar-refractivity contribution in [2.45, 2.75) is 66.0 Å². The van der Waals surface area contributed by atoms with E-state index in [-0.39, 0.29) is 0 Å². The van der Waals surface area contributed by atoms with Gasteiger partial charge >= 0.3 is 0 Å². The van der Waals surface area contributed by atoms with Crippen molar-refractivity contribution in [3.63, 3.8) is 0 Å². The van der Waals surface area contributed by atoms with Crippen LogP contribution in [0.15, 0.2) is 4.99 Å². The first-order valence-electron chi connectivity index (χ1n) is 8.16. The van der Waals surface area contributed by atoms with Crippen molar-refractivity contribution in [1.82, 2.24) is 0 Å². The zero-order chi connectivity index (χ0) is 16.1. The van der Waals surface area contributed by atoms with Crippen LogP contribution >= 0.6 is 0 Å². The summed E-state index contributed by atoms with van der Waals surface area (Å²) in [4.78, 5) is 4.62. The lowest BCUT2D eigenvalue weighted by atomic mass is 10.1. The van der Waals surface area contributed by atoms with Crippen LogP contribution in [-0.4, -0.2) is 47.2 Å². The monoisotopic (exact) mass is 315 g/mol. The molecule has 2 radical (unpaired) electrons. The smallest absolute Gasteiger partial charge is 0.251 e. The molecule has 0 amide bonds. The maximum absolute atomic E-state index is 5.72.